The summed E-state index contributed by atoms with van der Waals surface area (Å²) in [6, 6.07) is 10.6. The predicted molar refractivity (Wildman–Crippen MR) is 67.6 cm³/mol. The molecule has 1 N–H and O–H groups in total. The van der Waals surface area contributed by atoms with Crippen LogP contribution in [0.2, 0.25) is 0 Å². The molecule has 1 atom stereocenters. The van der Waals surface area contributed by atoms with Gasteiger partial charge >= 0.3 is 0 Å². The lowest BCUT2D eigenvalue weighted by Gasteiger charge is -2.08. The van der Waals surface area contributed by atoms with Crippen molar-refractivity contribution in [2.45, 2.75) is 31.6 Å². The van der Waals surface area contributed by atoms with Crippen molar-refractivity contribution in [2.24, 2.45) is 0 Å². The molecule has 0 aliphatic heterocycles. The molecule has 0 spiro atoms. The Morgan fingerprint density at radius 3 is 2.67 bits per heavy atom. The second-order valence-corrected chi connectivity index (χ2v) is 4.42. The van der Waals surface area contributed by atoms with Gasteiger partial charge in [-0.15, -0.1) is 11.6 Å². The zero-order valence-corrected chi connectivity index (χ0v) is 10.1. The monoisotopic (exact) mass is 225 g/mol. The van der Waals surface area contributed by atoms with Gasteiger partial charge in [0.25, 0.3) is 0 Å². The molecule has 0 radical (unpaired) electrons. The average molecular weight is 226 g/mol. The van der Waals surface area contributed by atoms with Crippen LogP contribution < -0.4 is 5.32 Å². The van der Waals surface area contributed by atoms with Crippen LogP contribution in [-0.4, -0.2) is 18.5 Å². The minimum Gasteiger partial charge on any atom is -0.315 e. The fourth-order valence-corrected chi connectivity index (χ4v) is 1.57. The highest BCUT2D eigenvalue weighted by atomic mass is 35.5. The highest BCUT2D eigenvalue weighted by molar-refractivity contribution is 6.20. The van der Waals surface area contributed by atoms with Crippen LogP contribution in [-0.2, 0) is 6.42 Å². The van der Waals surface area contributed by atoms with Crippen molar-refractivity contribution in [3.63, 3.8) is 0 Å². The van der Waals surface area contributed by atoms with Crippen molar-refractivity contribution >= 4 is 11.6 Å². The maximum Gasteiger partial charge on any atom is 0.0458 e. The molecule has 84 valence electrons. The number of benzene rings is 1. The van der Waals surface area contributed by atoms with Gasteiger partial charge in [0.15, 0.2) is 0 Å². The van der Waals surface area contributed by atoms with Crippen molar-refractivity contribution < 1.29 is 0 Å². The lowest BCUT2D eigenvalue weighted by atomic mass is 10.1. The van der Waals surface area contributed by atoms with Crippen molar-refractivity contribution in [1.82, 2.24) is 5.32 Å². The van der Waals surface area contributed by atoms with Crippen molar-refractivity contribution in [2.75, 3.05) is 13.1 Å². The SMILES string of the molecule is CCC(Cl)CNCCCc1ccccc1. The molecular weight excluding hydrogens is 206 g/mol. The highest BCUT2D eigenvalue weighted by Gasteiger charge is 1.99. The molecular formula is C13H20ClN. The first-order chi connectivity index (χ1) is 7.33. The van der Waals surface area contributed by atoms with Crippen LogP contribution in [0.4, 0.5) is 0 Å². The molecule has 0 aliphatic carbocycles. The van der Waals surface area contributed by atoms with Crippen molar-refractivity contribution in [3.05, 3.63) is 35.9 Å². The van der Waals surface area contributed by atoms with E-state index in [9.17, 15) is 0 Å². The van der Waals surface area contributed by atoms with E-state index in [1.807, 2.05) is 0 Å². The van der Waals surface area contributed by atoms with E-state index in [0.717, 1.165) is 25.9 Å². The molecule has 1 unspecified atom stereocenters. The molecule has 0 amide bonds. The molecule has 0 aliphatic rings. The lowest BCUT2D eigenvalue weighted by Crippen LogP contribution is -2.24. The summed E-state index contributed by atoms with van der Waals surface area (Å²) in [5.41, 5.74) is 1.41. The minimum absolute atomic E-state index is 0.279. The van der Waals surface area contributed by atoms with E-state index in [0.29, 0.717) is 0 Å². The minimum atomic E-state index is 0.279. The molecule has 0 aromatic heterocycles. The van der Waals surface area contributed by atoms with Crippen LogP contribution >= 0.6 is 11.6 Å². The summed E-state index contributed by atoms with van der Waals surface area (Å²) >= 11 is 6.00. The fraction of sp³-hybridized carbons (Fsp3) is 0.538. The van der Waals surface area contributed by atoms with E-state index in [1.165, 1.54) is 12.0 Å². The Morgan fingerprint density at radius 2 is 2.00 bits per heavy atom. The highest BCUT2D eigenvalue weighted by Crippen LogP contribution is 2.02. The zero-order valence-electron chi connectivity index (χ0n) is 9.38. The van der Waals surface area contributed by atoms with Gasteiger partial charge in [0.2, 0.25) is 0 Å². The van der Waals surface area contributed by atoms with Crippen LogP contribution in [0, 0.1) is 0 Å². The third kappa shape index (κ3) is 5.81. The van der Waals surface area contributed by atoms with Crippen LogP contribution in [0.1, 0.15) is 25.3 Å². The number of halogens is 1. The van der Waals surface area contributed by atoms with Gasteiger partial charge in [-0.05, 0) is 31.4 Å². The second-order valence-electron chi connectivity index (χ2n) is 3.80. The first-order valence-electron chi connectivity index (χ1n) is 5.71. The Kier molecular flexibility index (Phi) is 6.45. The molecule has 1 nitrogen and oxygen atoms in total. The molecule has 0 saturated heterocycles. The van der Waals surface area contributed by atoms with Gasteiger partial charge in [-0.2, -0.15) is 0 Å². The molecule has 0 saturated carbocycles. The third-order valence-corrected chi connectivity index (χ3v) is 2.93. The van der Waals surface area contributed by atoms with Gasteiger partial charge < -0.3 is 5.32 Å². The Bertz CT molecular complexity index is 248. The predicted octanol–water partition coefficient (Wildman–Crippen LogP) is 3.23. The first kappa shape index (κ1) is 12.5. The Hall–Kier alpha value is -0.530. The number of aryl methyl sites for hydroxylation is 1. The van der Waals surface area contributed by atoms with E-state index in [-0.39, 0.29) is 5.38 Å². The number of alkyl halides is 1. The van der Waals surface area contributed by atoms with Crippen molar-refractivity contribution in [3.8, 4) is 0 Å². The summed E-state index contributed by atoms with van der Waals surface area (Å²) in [6.07, 6.45) is 3.36. The first-order valence-corrected chi connectivity index (χ1v) is 6.15. The fourth-order valence-electron chi connectivity index (χ4n) is 1.47. The summed E-state index contributed by atoms with van der Waals surface area (Å²) in [6.45, 7) is 4.09. The van der Waals surface area contributed by atoms with Crippen LogP contribution in [0.5, 0.6) is 0 Å². The van der Waals surface area contributed by atoms with Gasteiger partial charge in [0.1, 0.15) is 0 Å². The number of rotatable bonds is 7. The molecule has 15 heavy (non-hydrogen) atoms. The average Bonchev–Trinajstić information content (AvgIpc) is 2.29. The quantitative estimate of drug-likeness (QED) is 0.555. The van der Waals surface area contributed by atoms with Crippen LogP contribution in [0.25, 0.3) is 0 Å². The Balaban J connectivity index is 2.03. The molecule has 1 rings (SSSR count). The molecule has 2 heteroatoms. The van der Waals surface area contributed by atoms with Crippen LogP contribution in [0.3, 0.4) is 0 Å². The van der Waals surface area contributed by atoms with E-state index < -0.39 is 0 Å². The summed E-state index contributed by atoms with van der Waals surface area (Å²) in [4.78, 5) is 0. The van der Waals surface area contributed by atoms with E-state index >= 15 is 0 Å². The van der Waals surface area contributed by atoms with Crippen molar-refractivity contribution in [1.29, 1.82) is 0 Å². The summed E-state index contributed by atoms with van der Waals surface area (Å²) in [7, 11) is 0. The molecule has 0 heterocycles. The molecule has 1 aromatic rings. The Labute approximate surface area is 97.8 Å². The largest absolute Gasteiger partial charge is 0.315 e. The molecule has 0 bridgehead atoms. The zero-order chi connectivity index (χ0) is 10.9. The maximum atomic E-state index is 6.00. The topological polar surface area (TPSA) is 12.0 Å². The van der Waals surface area contributed by atoms with E-state index in [2.05, 4.69) is 42.6 Å². The third-order valence-electron chi connectivity index (χ3n) is 2.47. The molecule has 0 fully saturated rings. The lowest BCUT2D eigenvalue weighted by molar-refractivity contribution is 0.621. The number of hydrogen-bond donors (Lipinski definition) is 1. The normalized spacial score (nSPS) is 12.7. The second kappa shape index (κ2) is 7.72. The van der Waals surface area contributed by atoms with Gasteiger partial charge in [-0.3, -0.25) is 0 Å². The van der Waals surface area contributed by atoms with E-state index in [1.54, 1.807) is 0 Å². The van der Waals surface area contributed by atoms with E-state index in [4.69, 9.17) is 11.6 Å². The van der Waals surface area contributed by atoms with Gasteiger partial charge in [-0.25, -0.2) is 0 Å². The van der Waals surface area contributed by atoms with Gasteiger partial charge in [0, 0.05) is 11.9 Å². The number of hydrogen-bond acceptors (Lipinski definition) is 1. The smallest absolute Gasteiger partial charge is 0.0458 e. The van der Waals surface area contributed by atoms with Crippen LogP contribution in [0.15, 0.2) is 30.3 Å². The maximum absolute atomic E-state index is 6.00. The summed E-state index contributed by atoms with van der Waals surface area (Å²) in [5.74, 6) is 0. The Morgan fingerprint density at radius 1 is 1.27 bits per heavy atom. The standard InChI is InChI=1S/C13H20ClN/c1-2-13(14)11-15-10-6-9-12-7-4-3-5-8-12/h3-5,7-8,13,15H,2,6,9-11H2,1H3. The summed E-state index contributed by atoms with van der Waals surface area (Å²) < 4.78 is 0. The van der Waals surface area contributed by atoms with Gasteiger partial charge in [0.05, 0.1) is 0 Å². The molecule has 1 aromatic carbocycles. The summed E-state index contributed by atoms with van der Waals surface area (Å²) in [5, 5.41) is 3.65. The van der Waals surface area contributed by atoms with Gasteiger partial charge in [-0.1, -0.05) is 37.3 Å². The number of nitrogens with one attached hydrogen (secondary N) is 1.